The lowest BCUT2D eigenvalue weighted by Gasteiger charge is -2.09. The van der Waals surface area contributed by atoms with Crippen LogP contribution >= 0.6 is 0 Å². The largest absolute Gasteiger partial charge is 0.497 e. The highest BCUT2D eigenvalue weighted by Crippen LogP contribution is 2.22. The minimum Gasteiger partial charge on any atom is -0.497 e. The summed E-state index contributed by atoms with van der Waals surface area (Å²) >= 11 is 0. The van der Waals surface area contributed by atoms with Gasteiger partial charge in [-0.15, -0.1) is 0 Å². The average molecular weight is 294 g/mol. The molecule has 0 heterocycles. The van der Waals surface area contributed by atoms with Crippen LogP contribution in [0.15, 0.2) is 18.2 Å². The van der Waals surface area contributed by atoms with Crippen LogP contribution in [-0.4, -0.2) is 39.1 Å². The molecule has 0 atom stereocenters. The molecular weight excluding hydrogens is 272 g/mol. The summed E-state index contributed by atoms with van der Waals surface area (Å²) in [6.07, 6.45) is 1.31. The second-order valence-corrected chi connectivity index (χ2v) is 4.46. The first-order valence-electron chi connectivity index (χ1n) is 6.88. The molecule has 116 valence electrons. The van der Waals surface area contributed by atoms with Crippen molar-refractivity contribution in [2.45, 2.75) is 19.8 Å². The Kier molecular flexibility index (Phi) is 7.08. The molecule has 2 amide bonds. The summed E-state index contributed by atoms with van der Waals surface area (Å²) in [5.74, 6) is 0.859. The van der Waals surface area contributed by atoms with Crippen molar-refractivity contribution in [3.8, 4) is 11.5 Å². The van der Waals surface area contributed by atoms with Crippen molar-refractivity contribution < 1.29 is 19.1 Å². The molecular formula is C15H22N2O4. The second kappa shape index (κ2) is 8.84. The van der Waals surface area contributed by atoms with Crippen LogP contribution in [0.2, 0.25) is 0 Å². The van der Waals surface area contributed by atoms with Crippen molar-refractivity contribution >= 4 is 11.8 Å². The third kappa shape index (κ3) is 5.72. The first kappa shape index (κ1) is 16.8. The van der Waals surface area contributed by atoms with Crippen LogP contribution in [0, 0.1) is 0 Å². The van der Waals surface area contributed by atoms with E-state index in [1.807, 2.05) is 6.92 Å². The Labute approximate surface area is 124 Å². The van der Waals surface area contributed by atoms with Gasteiger partial charge in [-0.25, -0.2) is 0 Å². The molecule has 6 nitrogen and oxygen atoms in total. The van der Waals surface area contributed by atoms with Crippen LogP contribution in [0.1, 0.15) is 30.1 Å². The predicted molar refractivity (Wildman–Crippen MR) is 79.8 cm³/mol. The van der Waals surface area contributed by atoms with Crippen LogP contribution in [0.3, 0.4) is 0 Å². The molecule has 0 aliphatic rings. The van der Waals surface area contributed by atoms with Crippen molar-refractivity contribution in [3.63, 3.8) is 0 Å². The normalized spacial score (nSPS) is 9.86. The summed E-state index contributed by atoms with van der Waals surface area (Å²) in [6.45, 7) is 2.72. The Morgan fingerprint density at radius 1 is 1.00 bits per heavy atom. The highest BCUT2D eigenvalue weighted by Gasteiger charge is 2.09. The lowest BCUT2D eigenvalue weighted by molar-refractivity contribution is -0.121. The van der Waals surface area contributed by atoms with Crippen LogP contribution in [0.25, 0.3) is 0 Å². The van der Waals surface area contributed by atoms with E-state index in [-0.39, 0.29) is 11.8 Å². The summed E-state index contributed by atoms with van der Waals surface area (Å²) < 4.78 is 10.2. The second-order valence-electron chi connectivity index (χ2n) is 4.46. The molecule has 0 bridgehead atoms. The van der Waals surface area contributed by atoms with Gasteiger partial charge in [-0.1, -0.05) is 6.92 Å². The van der Waals surface area contributed by atoms with Gasteiger partial charge >= 0.3 is 0 Å². The van der Waals surface area contributed by atoms with E-state index in [1.165, 1.54) is 14.2 Å². The van der Waals surface area contributed by atoms with Gasteiger partial charge in [0.15, 0.2) is 0 Å². The number of hydrogen-bond donors (Lipinski definition) is 2. The van der Waals surface area contributed by atoms with Crippen LogP contribution < -0.4 is 20.1 Å². The SMILES string of the molecule is CCCC(=O)NCCNC(=O)c1cc(OC)cc(OC)c1. The van der Waals surface area contributed by atoms with Gasteiger partial charge in [0.25, 0.3) is 5.91 Å². The maximum Gasteiger partial charge on any atom is 0.251 e. The minimum atomic E-state index is -0.239. The Morgan fingerprint density at radius 3 is 2.10 bits per heavy atom. The molecule has 0 aliphatic heterocycles. The maximum atomic E-state index is 12.0. The zero-order valence-corrected chi connectivity index (χ0v) is 12.7. The zero-order chi connectivity index (χ0) is 15.7. The quantitative estimate of drug-likeness (QED) is 0.710. The van der Waals surface area contributed by atoms with Gasteiger partial charge in [-0.3, -0.25) is 9.59 Å². The molecule has 0 saturated carbocycles. The van der Waals surface area contributed by atoms with Gasteiger partial charge in [-0.2, -0.15) is 0 Å². The van der Waals surface area contributed by atoms with E-state index < -0.39 is 0 Å². The van der Waals surface area contributed by atoms with E-state index in [1.54, 1.807) is 18.2 Å². The highest BCUT2D eigenvalue weighted by atomic mass is 16.5. The first-order valence-corrected chi connectivity index (χ1v) is 6.88. The molecule has 0 saturated heterocycles. The summed E-state index contributed by atoms with van der Waals surface area (Å²) in [5, 5.41) is 5.47. The van der Waals surface area contributed by atoms with E-state index >= 15 is 0 Å². The van der Waals surface area contributed by atoms with Gasteiger partial charge < -0.3 is 20.1 Å². The van der Waals surface area contributed by atoms with Gasteiger partial charge in [0.2, 0.25) is 5.91 Å². The van der Waals surface area contributed by atoms with E-state index in [9.17, 15) is 9.59 Å². The number of carbonyl (C=O) groups excluding carboxylic acids is 2. The fourth-order valence-electron chi connectivity index (χ4n) is 1.73. The van der Waals surface area contributed by atoms with Crippen molar-refractivity contribution in [1.29, 1.82) is 0 Å². The predicted octanol–water partition coefficient (Wildman–Crippen LogP) is 1.35. The topological polar surface area (TPSA) is 76.7 Å². The van der Waals surface area contributed by atoms with Crippen molar-refractivity contribution in [1.82, 2.24) is 10.6 Å². The third-order valence-electron chi connectivity index (χ3n) is 2.82. The molecule has 0 aromatic heterocycles. The molecule has 0 fully saturated rings. The molecule has 0 unspecified atom stereocenters. The molecule has 1 rings (SSSR count). The average Bonchev–Trinajstić information content (AvgIpc) is 2.51. The summed E-state index contributed by atoms with van der Waals surface area (Å²) in [6, 6.07) is 4.96. The lowest BCUT2D eigenvalue weighted by atomic mass is 10.2. The maximum absolute atomic E-state index is 12.0. The van der Waals surface area contributed by atoms with Crippen molar-refractivity contribution in [2.75, 3.05) is 27.3 Å². The number of nitrogens with one attached hydrogen (secondary N) is 2. The molecule has 1 aromatic rings. The Balaban J connectivity index is 2.50. The highest BCUT2D eigenvalue weighted by molar-refractivity contribution is 5.95. The van der Waals surface area contributed by atoms with E-state index in [0.717, 1.165) is 6.42 Å². The zero-order valence-electron chi connectivity index (χ0n) is 12.7. The molecule has 2 N–H and O–H groups in total. The standard InChI is InChI=1S/C15H22N2O4/c1-4-5-14(18)16-6-7-17-15(19)11-8-12(20-2)10-13(9-11)21-3/h8-10H,4-7H2,1-3H3,(H,16,18)(H,17,19). The molecule has 1 aromatic carbocycles. The Bertz CT molecular complexity index is 466. The number of benzene rings is 1. The number of carbonyl (C=O) groups is 2. The van der Waals surface area contributed by atoms with Gasteiger partial charge in [-0.05, 0) is 18.6 Å². The van der Waals surface area contributed by atoms with Crippen LogP contribution in [-0.2, 0) is 4.79 Å². The van der Waals surface area contributed by atoms with E-state index in [0.29, 0.717) is 36.6 Å². The number of amides is 2. The molecule has 0 aliphatic carbocycles. The summed E-state index contributed by atoms with van der Waals surface area (Å²) in [7, 11) is 3.06. The van der Waals surface area contributed by atoms with Crippen molar-refractivity contribution in [2.24, 2.45) is 0 Å². The number of ether oxygens (including phenoxy) is 2. The number of rotatable bonds is 8. The monoisotopic (exact) mass is 294 g/mol. The fraction of sp³-hybridized carbons (Fsp3) is 0.467. The first-order chi connectivity index (χ1) is 10.1. The summed E-state index contributed by atoms with van der Waals surface area (Å²) in [5.41, 5.74) is 0.450. The number of methoxy groups -OCH3 is 2. The molecule has 0 radical (unpaired) electrons. The summed E-state index contributed by atoms with van der Waals surface area (Å²) in [4.78, 5) is 23.3. The Hall–Kier alpha value is -2.24. The smallest absolute Gasteiger partial charge is 0.251 e. The van der Waals surface area contributed by atoms with Gasteiger partial charge in [0.05, 0.1) is 14.2 Å². The molecule has 0 spiro atoms. The fourth-order valence-corrected chi connectivity index (χ4v) is 1.73. The number of hydrogen-bond acceptors (Lipinski definition) is 4. The van der Waals surface area contributed by atoms with Crippen molar-refractivity contribution in [3.05, 3.63) is 23.8 Å². The Morgan fingerprint density at radius 2 is 1.57 bits per heavy atom. The minimum absolute atomic E-state index is 0.00482. The van der Waals surface area contributed by atoms with Gasteiger partial charge in [0.1, 0.15) is 11.5 Å². The van der Waals surface area contributed by atoms with Crippen LogP contribution in [0.5, 0.6) is 11.5 Å². The molecule has 21 heavy (non-hydrogen) atoms. The van der Waals surface area contributed by atoms with E-state index in [4.69, 9.17) is 9.47 Å². The van der Waals surface area contributed by atoms with Gasteiger partial charge in [0, 0.05) is 31.1 Å². The van der Waals surface area contributed by atoms with Crippen LogP contribution in [0.4, 0.5) is 0 Å². The third-order valence-corrected chi connectivity index (χ3v) is 2.82. The molecule has 6 heteroatoms. The van der Waals surface area contributed by atoms with E-state index in [2.05, 4.69) is 10.6 Å². The lowest BCUT2D eigenvalue weighted by Crippen LogP contribution is -2.34.